The first-order chi connectivity index (χ1) is 14.5. The molecule has 4 rings (SSSR count). The first-order valence-corrected chi connectivity index (χ1v) is 11.2. The Morgan fingerprint density at radius 1 is 1.03 bits per heavy atom. The summed E-state index contributed by atoms with van der Waals surface area (Å²) in [5.41, 5.74) is 7.31. The van der Waals surface area contributed by atoms with Gasteiger partial charge < -0.3 is 16.0 Å². The van der Waals surface area contributed by atoms with Crippen molar-refractivity contribution in [1.82, 2.24) is 9.80 Å². The zero-order valence-corrected chi connectivity index (χ0v) is 17.5. The van der Waals surface area contributed by atoms with Crippen LogP contribution >= 0.6 is 0 Å². The van der Waals surface area contributed by atoms with Crippen molar-refractivity contribution in [3.8, 4) is 0 Å². The summed E-state index contributed by atoms with van der Waals surface area (Å²) in [6.45, 7) is 2.77. The van der Waals surface area contributed by atoms with Gasteiger partial charge in [0.15, 0.2) is 0 Å². The number of carbonyl (C=O) groups excluding carboxylic acids is 3. The van der Waals surface area contributed by atoms with E-state index in [1.54, 1.807) is 0 Å². The molecule has 2 saturated heterocycles. The maximum absolute atomic E-state index is 12.9. The number of primary amides is 1. The molecule has 0 aromatic heterocycles. The van der Waals surface area contributed by atoms with Crippen molar-refractivity contribution in [3.05, 3.63) is 29.8 Å². The number of para-hydroxylation sites is 1. The van der Waals surface area contributed by atoms with Crippen LogP contribution in [0.15, 0.2) is 24.3 Å². The lowest BCUT2D eigenvalue weighted by molar-refractivity contribution is -0.130. The SMILES string of the molecule is NC(=O)[C@@H]1CCCN(Cc2ccccc2NC(=O)[C@@H]2CC(=O)N(C3CCCC3)C2)C1. The van der Waals surface area contributed by atoms with Crippen molar-refractivity contribution in [2.75, 3.05) is 25.0 Å². The van der Waals surface area contributed by atoms with Crippen molar-refractivity contribution in [3.63, 3.8) is 0 Å². The molecule has 7 heteroatoms. The van der Waals surface area contributed by atoms with Crippen molar-refractivity contribution in [2.45, 2.75) is 57.5 Å². The minimum absolute atomic E-state index is 0.0787. The second-order valence-electron chi connectivity index (χ2n) is 9.01. The molecule has 1 aliphatic carbocycles. The van der Waals surface area contributed by atoms with Gasteiger partial charge in [0.1, 0.15) is 0 Å². The summed E-state index contributed by atoms with van der Waals surface area (Å²) in [4.78, 5) is 41.1. The fourth-order valence-electron chi connectivity index (χ4n) is 5.16. The molecule has 3 aliphatic rings. The van der Waals surface area contributed by atoms with Gasteiger partial charge in [-0.2, -0.15) is 0 Å². The number of carbonyl (C=O) groups is 3. The number of benzene rings is 1. The summed E-state index contributed by atoms with van der Waals surface area (Å²) >= 11 is 0. The van der Waals surface area contributed by atoms with Crippen molar-refractivity contribution < 1.29 is 14.4 Å². The molecule has 2 aliphatic heterocycles. The quantitative estimate of drug-likeness (QED) is 0.748. The number of nitrogens with zero attached hydrogens (tertiary/aromatic N) is 2. The van der Waals surface area contributed by atoms with Gasteiger partial charge in [0.05, 0.1) is 11.8 Å². The highest BCUT2D eigenvalue weighted by Crippen LogP contribution is 2.30. The molecule has 7 nitrogen and oxygen atoms in total. The Hall–Kier alpha value is -2.41. The van der Waals surface area contributed by atoms with E-state index in [-0.39, 0.29) is 29.6 Å². The number of likely N-dealkylation sites (tertiary alicyclic amines) is 2. The molecule has 0 unspecified atom stereocenters. The fourth-order valence-corrected chi connectivity index (χ4v) is 5.16. The molecule has 3 N–H and O–H groups in total. The van der Waals surface area contributed by atoms with E-state index in [0.29, 0.717) is 32.1 Å². The van der Waals surface area contributed by atoms with Crippen LogP contribution in [0.4, 0.5) is 5.69 Å². The zero-order valence-electron chi connectivity index (χ0n) is 17.5. The van der Waals surface area contributed by atoms with Crippen LogP contribution in [-0.2, 0) is 20.9 Å². The second-order valence-corrected chi connectivity index (χ2v) is 9.01. The first-order valence-electron chi connectivity index (χ1n) is 11.2. The maximum Gasteiger partial charge on any atom is 0.229 e. The fraction of sp³-hybridized carbons (Fsp3) is 0.609. The minimum atomic E-state index is -0.291. The van der Waals surface area contributed by atoms with Crippen LogP contribution in [0.2, 0.25) is 0 Å². The van der Waals surface area contributed by atoms with Gasteiger partial charge in [0.2, 0.25) is 17.7 Å². The van der Waals surface area contributed by atoms with Gasteiger partial charge in [-0.15, -0.1) is 0 Å². The van der Waals surface area contributed by atoms with E-state index in [9.17, 15) is 14.4 Å². The Bertz CT molecular complexity index is 805. The number of piperidine rings is 1. The first kappa shape index (κ1) is 20.8. The van der Waals surface area contributed by atoms with Crippen LogP contribution in [0, 0.1) is 11.8 Å². The van der Waals surface area contributed by atoms with Gasteiger partial charge in [0.25, 0.3) is 0 Å². The highest BCUT2D eigenvalue weighted by molar-refractivity contribution is 5.97. The monoisotopic (exact) mass is 412 g/mol. The number of rotatable bonds is 6. The molecule has 0 bridgehead atoms. The van der Waals surface area contributed by atoms with E-state index >= 15 is 0 Å². The van der Waals surface area contributed by atoms with Gasteiger partial charge >= 0.3 is 0 Å². The zero-order chi connectivity index (χ0) is 21.1. The molecule has 1 saturated carbocycles. The van der Waals surface area contributed by atoms with Crippen LogP contribution in [0.5, 0.6) is 0 Å². The third kappa shape index (κ3) is 4.67. The number of nitrogens with one attached hydrogen (secondary N) is 1. The van der Waals surface area contributed by atoms with Gasteiger partial charge in [-0.05, 0) is 43.9 Å². The summed E-state index contributed by atoms with van der Waals surface area (Å²) < 4.78 is 0. The molecule has 2 atom stereocenters. The average molecular weight is 413 g/mol. The predicted molar refractivity (Wildman–Crippen MR) is 114 cm³/mol. The predicted octanol–water partition coefficient (Wildman–Crippen LogP) is 2.11. The summed E-state index contributed by atoms with van der Waals surface area (Å²) in [6, 6.07) is 8.11. The Morgan fingerprint density at radius 3 is 2.57 bits per heavy atom. The second kappa shape index (κ2) is 9.16. The molecular formula is C23H32N4O3. The largest absolute Gasteiger partial charge is 0.369 e. The Morgan fingerprint density at radius 2 is 1.80 bits per heavy atom. The molecule has 1 aromatic carbocycles. The lowest BCUT2D eigenvalue weighted by atomic mass is 9.97. The van der Waals surface area contributed by atoms with E-state index in [0.717, 1.165) is 43.5 Å². The lowest BCUT2D eigenvalue weighted by Gasteiger charge is -2.31. The molecular weight excluding hydrogens is 380 g/mol. The molecule has 162 valence electrons. The summed E-state index contributed by atoms with van der Waals surface area (Å²) in [6.07, 6.45) is 6.56. The number of hydrogen-bond acceptors (Lipinski definition) is 4. The summed E-state index contributed by atoms with van der Waals surface area (Å²) in [7, 11) is 0. The summed E-state index contributed by atoms with van der Waals surface area (Å²) in [5, 5.41) is 3.07. The van der Waals surface area contributed by atoms with Crippen LogP contribution < -0.4 is 11.1 Å². The number of hydrogen-bond donors (Lipinski definition) is 2. The molecule has 0 radical (unpaired) electrons. The Labute approximate surface area is 178 Å². The lowest BCUT2D eigenvalue weighted by Crippen LogP contribution is -2.40. The van der Waals surface area contributed by atoms with E-state index in [1.165, 1.54) is 12.8 Å². The smallest absolute Gasteiger partial charge is 0.229 e. The van der Waals surface area contributed by atoms with Crippen LogP contribution in [0.3, 0.4) is 0 Å². The van der Waals surface area contributed by atoms with Crippen LogP contribution in [0.1, 0.15) is 50.5 Å². The average Bonchev–Trinajstić information content (AvgIpc) is 3.39. The van der Waals surface area contributed by atoms with Gasteiger partial charge in [-0.3, -0.25) is 19.3 Å². The van der Waals surface area contributed by atoms with Crippen molar-refractivity contribution in [1.29, 1.82) is 0 Å². The number of anilines is 1. The van der Waals surface area contributed by atoms with E-state index in [1.807, 2.05) is 29.2 Å². The third-order valence-electron chi connectivity index (χ3n) is 6.87. The van der Waals surface area contributed by atoms with Crippen molar-refractivity contribution >= 4 is 23.4 Å². The maximum atomic E-state index is 12.9. The Balaban J connectivity index is 1.38. The molecule has 2 heterocycles. The summed E-state index contributed by atoms with van der Waals surface area (Å²) in [5.74, 6) is -0.600. The molecule has 3 fully saturated rings. The van der Waals surface area contributed by atoms with Gasteiger partial charge in [-0.1, -0.05) is 31.0 Å². The van der Waals surface area contributed by atoms with Crippen molar-refractivity contribution in [2.24, 2.45) is 17.6 Å². The Kier molecular flexibility index (Phi) is 6.37. The van der Waals surface area contributed by atoms with E-state index in [2.05, 4.69) is 10.2 Å². The van der Waals surface area contributed by atoms with Gasteiger partial charge in [0, 0.05) is 37.8 Å². The third-order valence-corrected chi connectivity index (χ3v) is 6.87. The molecule has 0 spiro atoms. The normalized spacial score (nSPS) is 25.6. The molecule has 30 heavy (non-hydrogen) atoms. The van der Waals surface area contributed by atoms with E-state index < -0.39 is 0 Å². The molecule has 1 aromatic rings. The highest BCUT2D eigenvalue weighted by atomic mass is 16.2. The van der Waals surface area contributed by atoms with Crippen LogP contribution in [-0.4, -0.2) is 53.2 Å². The minimum Gasteiger partial charge on any atom is -0.369 e. The van der Waals surface area contributed by atoms with Gasteiger partial charge in [-0.25, -0.2) is 0 Å². The highest BCUT2D eigenvalue weighted by Gasteiger charge is 2.38. The topological polar surface area (TPSA) is 95.7 Å². The van der Waals surface area contributed by atoms with E-state index in [4.69, 9.17) is 5.73 Å². The standard InChI is InChI=1S/C23H32N4O3/c24-22(29)17-7-5-11-26(14-17)13-16-6-1-4-10-20(16)25-23(30)18-12-21(28)27(15-18)19-8-2-3-9-19/h1,4,6,10,17-19H,2-3,5,7-9,11-15H2,(H2,24,29)(H,25,30)/t17-,18-/m1/s1. The number of amides is 3. The van der Waals surface area contributed by atoms with Crippen LogP contribution in [0.25, 0.3) is 0 Å². The molecule has 3 amide bonds. The number of nitrogens with two attached hydrogens (primary N) is 1.